The van der Waals surface area contributed by atoms with Gasteiger partial charge in [-0.2, -0.15) is 0 Å². The number of nitrogens with one attached hydrogen (secondary N) is 3. The monoisotopic (exact) mass is 382 g/mol. The lowest BCUT2D eigenvalue weighted by molar-refractivity contribution is 0.569. The van der Waals surface area contributed by atoms with Gasteiger partial charge >= 0.3 is 0 Å². The zero-order chi connectivity index (χ0) is 19.4. The molecule has 0 saturated heterocycles. The molecule has 7 heteroatoms. The Kier molecular flexibility index (Phi) is 10.3. The summed E-state index contributed by atoms with van der Waals surface area (Å²) in [7, 11) is -3.29. The Morgan fingerprint density at radius 1 is 1.04 bits per heavy atom. The molecule has 0 atom stereocenters. The van der Waals surface area contributed by atoms with E-state index in [4.69, 9.17) is 0 Å². The molecule has 0 unspecified atom stereocenters. The smallest absolute Gasteiger partial charge is 0.216 e. The van der Waals surface area contributed by atoms with Crippen molar-refractivity contribution in [1.29, 1.82) is 0 Å². The van der Waals surface area contributed by atoms with Crippen molar-refractivity contribution >= 4 is 16.0 Å². The SMILES string of the molecule is CCCCCNC(=NCc1ccc(CS(=O)(=O)NC(C)C)cc1)NCC. The molecule has 0 bridgehead atoms. The van der Waals surface area contributed by atoms with Crippen molar-refractivity contribution in [2.24, 2.45) is 4.99 Å². The first-order chi connectivity index (χ1) is 12.4. The number of rotatable bonds is 11. The van der Waals surface area contributed by atoms with E-state index in [9.17, 15) is 8.42 Å². The summed E-state index contributed by atoms with van der Waals surface area (Å²) >= 11 is 0. The highest BCUT2D eigenvalue weighted by atomic mass is 32.2. The van der Waals surface area contributed by atoms with Gasteiger partial charge in [-0.05, 0) is 38.3 Å². The van der Waals surface area contributed by atoms with Crippen LogP contribution in [0.5, 0.6) is 0 Å². The van der Waals surface area contributed by atoms with E-state index in [0.717, 1.165) is 36.6 Å². The molecular formula is C19H34N4O2S. The lowest BCUT2D eigenvalue weighted by atomic mass is 10.1. The molecule has 1 aromatic carbocycles. The molecule has 1 rings (SSSR count). The summed E-state index contributed by atoms with van der Waals surface area (Å²) < 4.78 is 26.6. The normalized spacial score (nSPS) is 12.4. The Labute approximate surface area is 158 Å². The van der Waals surface area contributed by atoms with E-state index in [2.05, 4.69) is 27.3 Å². The highest BCUT2D eigenvalue weighted by molar-refractivity contribution is 7.88. The minimum atomic E-state index is -3.29. The van der Waals surface area contributed by atoms with Gasteiger partial charge in [0.25, 0.3) is 0 Å². The maximum atomic E-state index is 12.0. The average Bonchev–Trinajstić information content (AvgIpc) is 2.56. The third-order valence-electron chi connectivity index (χ3n) is 3.63. The van der Waals surface area contributed by atoms with Gasteiger partial charge in [0, 0.05) is 19.1 Å². The van der Waals surface area contributed by atoms with Gasteiger partial charge in [0.15, 0.2) is 5.96 Å². The minimum absolute atomic E-state index is 0.00362. The second-order valence-electron chi connectivity index (χ2n) is 6.68. The van der Waals surface area contributed by atoms with Gasteiger partial charge in [-0.15, -0.1) is 0 Å². The summed E-state index contributed by atoms with van der Waals surface area (Å²) in [6.45, 7) is 10.2. The molecule has 6 nitrogen and oxygen atoms in total. The summed E-state index contributed by atoms with van der Waals surface area (Å²) in [5.41, 5.74) is 1.82. The summed E-state index contributed by atoms with van der Waals surface area (Å²) in [4.78, 5) is 4.59. The summed E-state index contributed by atoms with van der Waals surface area (Å²) in [5, 5.41) is 6.58. The van der Waals surface area contributed by atoms with Crippen molar-refractivity contribution in [2.75, 3.05) is 13.1 Å². The third kappa shape index (κ3) is 9.77. The van der Waals surface area contributed by atoms with E-state index in [1.807, 2.05) is 45.0 Å². The maximum Gasteiger partial charge on any atom is 0.216 e. The third-order valence-corrected chi connectivity index (χ3v) is 5.18. The second kappa shape index (κ2) is 11.9. The molecule has 1 aromatic rings. The number of hydrogen-bond acceptors (Lipinski definition) is 3. The van der Waals surface area contributed by atoms with Crippen LogP contribution in [0.2, 0.25) is 0 Å². The van der Waals surface area contributed by atoms with Crippen LogP contribution in [-0.4, -0.2) is 33.5 Å². The van der Waals surface area contributed by atoms with Crippen LogP contribution in [0.15, 0.2) is 29.3 Å². The minimum Gasteiger partial charge on any atom is -0.357 e. The zero-order valence-corrected chi connectivity index (χ0v) is 17.3. The molecule has 148 valence electrons. The first kappa shape index (κ1) is 22.4. The molecule has 0 heterocycles. The van der Waals surface area contributed by atoms with Crippen molar-refractivity contribution in [3.05, 3.63) is 35.4 Å². The number of guanidine groups is 1. The van der Waals surface area contributed by atoms with Crippen LogP contribution in [0.25, 0.3) is 0 Å². The summed E-state index contributed by atoms with van der Waals surface area (Å²) in [6.07, 6.45) is 3.54. The van der Waals surface area contributed by atoms with Crippen LogP contribution >= 0.6 is 0 Å². The van der Waals surface area contributed by atoms with Crippen LogP contribution in [0, 0.1) is 0 Å². The molecule has 0 aliphatic heterocycles. The lowest BCUT2D eigenvalue weighted by Crippen LogP contribution is -2.37. The quantitative estimate of drug-likeness (QED) is 0.312. The molecule has 3 N–H and O–H groups in total. The lowest BCUT2D eigenvalue weighted by Gasteiger charge is -2.11. The van der Waals surface area contributed by atoms with Gasteiger partial charge in [0.05, 0.1) is 12.3 Å². The van der Waals surface area contributed by atoms with E-state index < -0.39 is 10.0 Å². The standard InChI is InChI=1S/C19H34N4O2S/c1-5-7-8-13-21-19(20-6-2)22-14-17-9-11-18(12-10-17)15-26(24,25)23-16(3)4/h9-12,16,23H,5-8,13-15H2,1-4H3,(H2,20,21,22). The number of unbranched alkanes of at least 4 members (excludes halogenated alkanes) is 2. The van der Waals surface area contributed by atoms with Crippen molar-refractivity contribution in [2.45, 2.75) is 65.3 Å². The molecule has 0 amide bonds. The average molecular weight is 383 g/mol. The zero-order valence-electron chi connectivity index (χ0n) is 16.5. The summed E-state index contributed by atoms with van der Waals surface area (Å²) in [6, 6.07) is 7.48. The van der Waals surface area contributed by atoms with E-state index in [-0.39, 0.29) is 11.8 Å². The Morgan fingerprint density at radius 2 is 1.69 bits per heavy atom. The van der Waals surface area contributed by atoms with E-state index in [1.54, 1.807) is 0 Å². The maximum absolute atomic E-state index is 12.0. The van der Waals surface area contributed by atoms with Gasteiger partial charge < -0.3 is 10.6 Å². The molecule has 0 saturated carbocycles. The van der Waals surface area contributed by atoms with Crippen LogP contribution in [0.3, 0.4) is 0 Å². The predicted molar refractivity (Wildman–Crippen MR) is 110 cm³/mol. The molecule has 0 fully saturated rings. The van der Waals surface area contributed by atoms with Gasteiger partial charge in [0.2, 0.25) is 10.0 Å². The summed E-state index contributed by atoms with van der Waals surface area (Å²) in [5.74, 6) is 0.812. The molecule has 0 radical (unpaired) electrons. The molecule has 0 aliphatic carbocycles. The Balaban J connectivity index is 2.61. The van der Waals surface area contributed by atoms with Crippen molar-refractivity contribution in [3.63, 3.8) is 0 Å². The fourth-order valence-corrected chi connectivity index (χ4v) is 3.89. The number of aliphatic imine (C=N–C) groups is 1. The van der Waals surface area contributed by atoms with Gasteiger partial charge in [-0.1, -0.05) is 44.0 Å². The van der Waals surface area contributed by atoms with E-state index in [1.165, 1.54) is 12.8 Å². The Bertz CT molecular complexity index is 640. The number of hydrogen-bond donors (Lipinski definition) is 3. The van der Waals surface area contributed by atoms with Gasteiger partial charge in [-0.3, -0.25) is 0 Å². The molecular weight excluding hydrogens is 348 g/mol. The van der Waals surface area contributed by atoms with Crippen molar-refractivity contribution < 1.29 is 8.42 Å². The highest BCUT2D eigenvalue weighted by Crippen LogP contribution is 2.09. The molecule has 0 aromatic heterocycles. The largest absolute Gasteiger partial charge is 0.357 e. The predicted octanol–water partition coefficient (Wildman–Crippen LogP) is 2.76. The van der Waals surface area contributed by atoms with Crippen LogP contribution in [0.1, 0.15) is 58.1 Å². The fourth-order valence-electron chi connectivity index (χ4n) is 2.45. The second-order valence-corrected chi connectivity index (χ2v) is 8.43. The number of sulfonamides is 1. The van der Waals surface area contributed by atoms with Crippen LogP contribution < -0.4 is 15.4 Å². The molecule has 26 heavy (non-hydrogen) atoms. The molecule has 0 aliphatic rings. The number of benzene rings is 1. The number of nitrogens with zero attached hydrogens (tertiary/aromatic N) is 1. The van der Waals surface area contributed by atoms with Crippen LogP contribution in [0.4, 0.5) is 0 Å². The first-order valence-electron chi connectivity index (χ1n) is 9.46. The fraction of sp³-hybridized carbons (Fsp3) is 0.632. The van der Waals surface area contributed by atoms with E-state index in [0.29, 0.717) is 6.54 Å². The topological polar surface area (TPSA) is 82.6 Å². The van der Waals surface area contributed by atoms with Crippen molar-refractivity contribution in [1.82, 2.24) is 15.4 Å². The Morgan fingerprint density at radius 3 is 2.27 bits per heavy atom. The van der Waals surface area contributed by atoms with Gasteiger partial charge in [-0.25, -0.2) is 18.1 Å². The Hall–Kier alpha value is -1.60. The molecule has 0 spiro atoms. The highest BCUT2D eigenvalue weighted by Gasteiger charge is 2.12. The van der Waals surface area contributed by atoms with E-state index >= 15 is 0 Å². The first-order valence-corrected chi connectivity index (χ1v) is 11.1. The van der Waals surface area contributed by atoms with Gasteiger partial charge in [0.1, 0.15) is 0 Å². The van der Waals surface area contributed by atoms with Crippen molar-refractivity contribution in [3.8, 4) is 0 Å². The van der Waals surface area contributed by atoms with Crippen LogP contribution in [-0.2, 0) is 22.3 Å².